The molecular formula is C11H10N2O2S. The molecule has 3 heterocycles. The summed E-state index contributed by atoms with van der Waals surface area (Å²) in [5.41, 5.74) is 3.05. The molecule has 4 nitrogen and oxygen atoms in total. The molecule has 0 saturated heterocycles. The lowest BCUT2D eigenvalue weighted by Gasteiger charge is -2.21. The predicted octanol–water partition coefficient (Wildman–Crippen LogP) is 1.63. The molecule has 5 heteroatoms. The van der Waals surface area contributed by atoms with E-state index in [1.807, 2.05) is 5.41 Å². The van der Waals surface area contributed by atoms with Crippen LogP contribution in [0, 0.1) is 0 Å². The van der Waals surface area contributed by atoms with Crippen LogP contribution in [0.25, 0.3) is 0 Å². The molecule has 0 aromatic rings. The summed E-state index contributed by atoms with van der Waals surface area (Å²) >= 11 is 1.66. The Morgan fingerprint density at radius 2 is 2.44 bits per heavy atom. The zero-order valence-electron chi connectivity index (χ0n) is 8.77. The first-order chi connectivity index (χ1) is 7.81. The lowest BCUT2D eigenvalue weighted by atomic mass is 10.1. The number of nitrogens with zero attached hydrogens (tertiary/aromatic N) is 2. The van der Waals surface area contributed by atoms with Crippen molar-refractivity contribution in [3.05, 3.63) is 34.2 Å². The van der Waals surface area contributed by atoms with E-state index in [2.05, 4.69) is 4.99 Å². The minimum absolute atomic E-state index is 0.0947. The van der Waals surface area contributed by atoms with Crippen molar-refractivity contribution >= 4 is 24.0 Å². The molecule has 3 aliphatic heterocycles. The molecule has 0 radical (unpaired) electrons. The monoisotopic (exact) mass is 234 g/mol. The van der Waals surface area contributed by atoms with E-state index in [4.69, 9.17) is 4.74 Å². The van der Waals surface area contributed by atoms with E-state index >= 15 is 0 Å². The topological polar surface area (TPSA) is 41.9 Å². The lowest BCUT2D eigenvalue weighted by molar-refractivity contribution is -0.123. The Labute approximate surface area is 97.4 Å². The van der Waals surface area contributed by atoms with Gasteiger partial charge in [0.15, 0.2) is 0 Å². The number of aliphatic imine (C=N–C) groups is 1. The maximum atomic E-state index is 11.8. The van der Waals surface area contributed by atoms with Crippen LogP contribution >= 0.6 is 11.8 Å². The standard InChI is InChI=1S/C11H10N2O2S/c1-15-9-5-16-4-7-2-10(14)13-6-12-3-8(9)11(7)13/h3,5-6H,2,4H2,1H3. The van der Waals surface area contributed by atoms with E-state index in [1.54, 1.807) is 36.3 Å². The number of thioether (sulfide) groups is 1. The summed E-state index contributed by atoms with van der Waals surface area (Å²) in [6.07, 6.45) is 3.83. The number of ether oxygens (including phenoxy) is 1. The molecule has 3 rings (SSSR count). The number of carbonyl (C=O) groups excluding carboxylic acids is 1. The molecule has 0 unspecified atom stereocenters. The summed E-state index contributed by atoms with van der Waals surface area (Å²) in [6, 6.07) is 0. The fraction of sp³-hybridized carbons (Fsp3) is 0.273. The molecule has 0 spiro atoms. The predicted molar refractivity (Wildman–Crippen MR) is 62.6 cm³/mol. The van der Waals surface area contributed by atoms with Crippen molar-refractivity contribution in [2.75, 3.05) is 12.9 Å². The zero-order valence-corrected chi connectivity index (χ0v) is 9.58. The number of hydrogen-bond acceptors (Lipinski definition) is 4. The van der Waals surface area contributed by atoms with E-state index < -0.39 is 0 Å². The number of carbonyl (C=O) groups is 1. The molecule has 0 fully saturated rings. The van der Waals surface area contributed by atoms with Gasteiger partial charge in [-0.2, -0.15) is 0 Å². The highest BCUT2D eigenvalue weighted by Gasteiger charge is 2.35. The number of rotatable bonds is 1. The fourth-order valence-electron chi connectivity index (χ4n) is 2.06. The summed E-state index contributed by atoms with van der Waals surface area (Å²) in [5.74, 6) is 1.72. The maximum absolute atomic E-state index is 11.8. The third-order valence-corrected chi connectivity index (χ3v) is 3.68. The van der Waals surface area contributed by atoms with Crippen LogP contribution in [0.1, 0.15) is 6.42 Å². The summed E-state index contributed by atoms with van der Waals surface area (Å²) in [7, 11) is 1.64. The Kier molecular flexibility index (Phi) is 2.14. The molecule has 0 aromatic carbocycles. The number of hydrogen-bond donors (Lipinski definition) is 0. The summed E-state index contributed by atoms with van der Waals surface area (Å²) in [5, 5.41) is 1.98. The van der Waals surface area contributed by atoms with Crippen LogP contribution in [-0.2, 0) is 9.53 Å². The molecule has 0 aliphatic carbocycles. The second-order valence-electron chi connectivity index (χ2n) is 3.70. The van der Waals surface area contributed by atoms with Crippen LogP contribution in [0.2, 0.25) is 0 Å². The third-order valence-electron chi connectivity index (χ3n) is 2.78. The smallest absolute Gasteiger partial charge is 0.236 e. The molecule has 0 N–H and O–H groups in total. The van der Waals surface area contributed by atoms with E-state index in [9.17, 15) is 4.79 Å². The van der Waals surface area contributed by atoms with Gasteiger partial charge in [0, 0.05) is 17.4 Å². The zero-order chi connectivity index (χ0) is 11.1. The molecule has 1 amide bonds. The van der Waals surface area contributed by atoms with Gasteiger partial charge >= 0.3 is 0 Å². The molecule has 3 aliphatic rings. The van der Waals surface area contributed by atoms with Crippen LogP contribution in [0.3, 0.4) is 0 Å². The minimum Gasteiger partial charge on any atom is -0.495 e. The lowest BCUT2D eigenvalue weighted by Crippen LogP contribution is -2.26. The van der Waals surface area contributed by atoms with Crippen LogP contribution < -0.4 is 0 Å². The highest BCUT2D eigenvalue weighted by Crippen LogP contribution is 2.39. The van der Waals surface area contributed by atoms with Gasteiger partial charge in [0.05, 0.1) is 24.8 Å². The van der Waals surface area contributed by atoms with Crippen molar-refractivity contribution in [1.82, 2.24) is 4.90 Å². The molecule has 0 aromatic heterocycles. The summed E-state index contributed by atoms with van der Waals surface area (Å²) < 4.78 is 5.33. The van der Waals surface area contributed by atoms with Gasteiger partial charge in [-0.3, -0.25) is 9.69 Å². The van der Waals surface area contributed by atoms with Gasteiger partial charge in [-0.25, -0.2) is 4.99 Å². The van der Waals surface area contributed by atoms with Gasteiger partial charge in [-0.05, 0) is 5.57 Å². The van der Waals surface area contributed by atoms with E-state index in [-0.39, 0.29) is 5.91 Å². The third kappa shape index (κ3) is 1.24. The second kappa shape index (κ2) is 3.52. The van der Waals surface area contributed by atoms with Crippen molar-refractivity contribution in [3.63, 3.8) is 0 Å². The highest BCUT2D eigenvalue weighted by molar-refractivity contribution is 8.02. The van der Waals surface area contributed by atoms with E-state index in [0.29, 0.717) is 6.42 Å². The van der Waals surface area contributed by atoms with Crippen molar-refractivity contribution < 1.29 is 9.53 Å². The first-order valence-corrected chi connectivity index (χ1v) is 6.00. The molecule has 0 bridgehead atoms. The average molecular weight is 234 g/mol. The summed E-state index contributed by atoms with van der Waals surface area (Å²) in [4.78, 5) is 17.5. The maximum Gasteiger partial charge on any atom is 0.236 e. The Hall–Kier alpha value is -1.49. The van der Waals surface area contributed by atoms with Crippen LogP contribution in [0.4, 0.5) is 0 Å². The number of methoxy groups -OCH3 is 1. The number of amides is 1. The Morgan fingerprint density at radius 1 is 1.56 bits per heavy atom. The minimum atomic E-state index is 0.0947. The van der Waals surface area contributed by atoms with Crippen molar-refractivity contribution in [2.45, 2.75) is 6.42 Å². The van der Waals surface area contributed by atoms with Crippen LogP contribution in [0.15, 0.2) is 39.2 Å². The Balaban J connectivity index is 2.15. The van der Waals surface area contributed by atoms with Crippen molar-refractivity contribution in [2.24, 2.45) is 4.99 Å². The Bertz CT molecular complexity index is 488. The first kappa shape index (κ1) is 9.72. The average Bonchev–Trinajstić information content (AvgIpc) is 2.52. The largest absolute Gasteiger partial charge is 0.495 e. The fourth-order valence-corrected chi connectivity index (χ4v) is 2.96. The van der Waals surface area contributed by atoms with Crippen LogP contribution in [0.5, 0.6) is 0 Å². The highest BCUT2D eigenvalue weighted by atomic mass is 32.2. The molecule has 16 heavy (non-hydrogen) atoms. The van der Waals surface area contributed by atoms with Gasteiger partial charge < -0.3 is 4.74 Å². The van der Waals surface area contributed by atoms with Gasteiger partial charge in [-0.15, -0.1) is 11.8 Å². The van der Waals surface area contributed by atoms with Gasteiger partial charge in [0.2, 0.25) is 5.91 Å². The Morgan fingerprint density at radius 3 is 3.25 bits per heavy atom. The quantitative estimate of drug-likeness (QED) is 0.692. The van der Waals surface area contributed by atoms with Gasteiger partial charge in [-0.1, -0.05) is 0 Å². The van der Waals surface area contributed by atoms with E-state index in [1.165, 1.54) is 0 Å². The second-order valence-corrected chi connectivity index (χ2v) is 4.55. The van der Waals surface area contributed by atoms with E-state index in [0.717, 1.165) is 28.4 Å². The molecule has 82 valence electrons. The van der Waals surface area contributed by atoms with Crippen molar-refractivity contribution in [1.29, 1.82) is 0 Å². The first-order valence-electron chi connectivity index (χ1n) is 4.95. The molecule has 0 atom stereocenters. The van der Waals surface area contributed by atoms with Gasteiger partial charge in [0.25, 0.3) is 0 Å². The SMILES string of the molecule is COC1=CSCC2=C3C1=CN=CN3C(=O)C2. The van der Waals surface area contributed by atoms with Crippen molar-refractivity contribution in [3.8, 4) is 0 Å². The molecule has 0 saturated carbocycles. The van der Waals surface area contributed by atoms with Gasteiger partial charge in [0.1, 0.15) is 12.1 Å². The summed E-state index contributed by atoms with van der Waals surface area (Å²) in [6.45, 7) is 0. The molecular weight excluding hydrogens is 224 g/mol. The normalized spacial score (nSPS) is 22.8. The van der Waals surface area contributed by atoms with Crippen LogP contribution in [-0.4, -0.2) is 30.0 Å².